The molecule has 0 saturated heterocycles. The van der Waals surface area contributed by atoms with Gasteiger partial charge >= 0.3 is 0 Å². The van der Waals surface area contributed by atoms with Crippen LogP contribution < -0.4 is 20.1 Å². The summed E-state index contributed by atoms with van der Waals surface area (Å²) in [5, 5.41) is 25.8. The summed E-state index contributed by atoms with van der Waals surface area (Å²) in [5.41, 5.74) is 2.96. The molecule has 0 aromatic heterocycles. The predicted molar refractivity (Wildman–Crippen MR) is 151 cm³/mol. The Morgan fingerprint density at radius 1 is 1.13 bits per heavy atom. The smallest absolute Gasteiger partial charge is 0.271 e. The largest absolute Gasteiger partial charge is 0.493 e. The Kier molecular flexibility index (Phi) is 9.39. The van der Waals surface area contributed by atoms with Crippen molar-refractivity contribution in [2.24, 2.45) is 0 Å². The van der Waals surface area contributed by atoms with Gasteiger partial charge in [0.15, 0.2) is 18.1 Å². The molecule has 0 bridgehead atoms. The summed E-state index contributed by atoms with van der Waals surface area (Å²) >= 11 is 2.01. The lowest BCUT2D eigenvalue weighted by Gasteiger charge is -2.14. The summed E-state index contributed by atoms with van der Waals surface area (Å²) in [6.07, 6.45) is 1.36. The Morgan fingerprint density at radius 2 is 1.89 bits per heavy atom. The minimum Gasteiger partial charge on any atom is -0.493 e. The minimum absolute atomic E-state index is 0.181. The fourth-order valence-electron chi connectivity index (χ4n) is 3.45. The van der Waals surface area contributed by atoms with Gasteiger partial charge in [-0.3, -0.25) is 19.7 Å². The Labute approximate surface area is 232 Å². The van der Waals surface area contributed by atoms with Crippen molar-refractivity contribution in [3.05, 3.63) is 90.5 Å². The Hall–Kier alpha value is -4.44. The molecule has 0 aliphatic heterocycles. The molecule has 194 valence electrons. The molecule has 3 rings (SSSR count). The van der Waals surface area contributed by atoms with E-state index < -0.39 is 10.8 Å². The van der Waals surface area contributed by atoms with E-state index in [4.69, 9.17) is 9.47 Å². The molecule has 0 spiro atoms. The van der Waals surface area contributed by atoms with E-state index in [0.29, 0.717) is 26.3 Å². The molecule has 2 N–H and O–H groups in total. The van der Waals surface area contributed by atoms with Gasteiger partial charge in [-0.25, -0.2) is 0 Å². The minimum atomic E-state index is -0.731. The van der Waals surface area contributed by atoms with Gasteiger partial charge < -0.3 is 20.1 Å². The van der Waals surface area contributed by atoms with E-state index in [1.807, 2.05) is 60.7 Å². The molecule has 0 aliphatic carbocycles. The van der Waals surface area contributed by atoms with Crippen LogP contribution in [0.4, 0.5) is 17.1 Å². The number of anilines is 2. The molecule has 11 heteroatoms. The predicted octanol–water partition coefficient (Wildman–Crippen LogP) is 5.39. The Balaban J connectivity index is 1.75. The Morgan fingerprint density at radius 3 is 2.55 bits per heavy atom. The van der Waals surface area contributed by atoms with E-state index in [-0.39, 0.29) is 29.5 Å². The SMILES string of the molecule is COc1cc(/C=C(/C#N)C(=O)Nc2cccc([N+](=O)[O-])c2)cc(I)c1OCC(=O)Nc1ccc(C)cc1C. The zero-order valence-electron chi connectivity index (χ0n) is 20.7. The monoisotopic (exact) mass is 626 g/mol. The van der Waals surface area contributed by atoms with Crippen LogP contribution in [0.25, 0.3) is 6.08 Å². The standard InChI is InChI=1S/C27H23IN4O6/c1-16-7-8-23(17(2)9-16)31-25(33)15-38-26-22(28)11-18(12-24(26)37-3)10-19(14-29)27(34)30-20-5-4-6-21(13-20)32(35)36/h4-13H,15H2,1-3H3,(H,30,34)(H,31,33)/b19-10-. The lowest BCUT2D eigenvalue weighted by molar-refractivity contribution is -0.384. The molecular formula is C27H23IN4O6. The number of hydrogen-bond acceptors (Lipinski definition) is 7. The van der Waals surface area contributed by atoms with Gasteiger partial charge in [0.05, 0.1) is 15.6 Å². The average Bonchev–Trinajstić information content (AvgIpc) is 2.88. The van der Waals surface area contributed by atoms with Crippen LogP contribution in [0.2, 0.25) is 0 Å². The summed E-state index contributed by atoms with van der Waals surface area (Å²) in [6.45, 7) is 3.61. The van der Waals surface area contributed by atoms with Gasteiger partial charge in [0.25, 0.3) is 17.5 Å². The van der Waals surface area contributed by atoms with Gasteiger partial charge in [0, 0.05) is 23.5 Å². The maximum atomic E-state index is 12.6. The van der Waals surface area contributed by atoms with Crippen LogP contribution in [-0.4, -0.2) is 30.5 Å². The third-order valence-corrected chi connectivity index (χ3v) is 6.05. The molecule has 3 aromatic rings. The number of nitro groups is 1. The summed E-state index contributed by atoms with van der Waals surface area (Å²) < 4.78 is 11.7. The molecule has 0 radical (unpaired) electrons. The molecule has 3 aromatic carbocycles. The second-order valence-electron chi connectivity index (χ2n) is 8.12. The molecule has 2 amide bonds. The summed E-state index contributed by atoms with van der Waals surface area (Å²) in [4.78, 5) is 35.5. The zero-order chi connectivity index (χ0) is 27.8. The first kappa shape index (κ1) is 28.1. The topological polar surface area (TPSA) is 144 Å². The summed E-state index contributed by atoms with van der Waals surface area (Å²) in [6, 6.07) is 16.2. The van der Waals surface area contributed by atoms with Crippen molar-refractivity contribution in [3.63, 3.8) is 0 Å². The lowest BCUT2D eigenvalue weighted by atomic mass is 10.1. The second-order valence-corrected chi connectivity index (χ2v) is 9.28. The van der Waals surface area contributed by atoms with Gasteiger partial charge in [-0.1, -0.05) is 23.8 Å². The molecule has 0 unspecified atom stereocenters. The third-order valence-electron chi connectivity index (χ3n) is 5.25. The van der Waals surface area contributed by atoms with Crippen LogP contribution in [-0.2, 0) is 9.59 Å². The third kappa shape index (κ3) is 7.30. The number of nitrogens with zero attached hydrogens (tertiary/aromatic N) is 2. The number of amides is 2. The number of carbonyl (C=O) groups excluding carboxylic acids is 2. The molecule has 10 nitrogen and oxygen atoms in total. The summed E-state index contributed by atoms with van der Waals surface area (Å²) in [5.74, 6) is -0.437. The fourth-order valence-corrected chi connectivity index (χ4v) is 4.23. The average molecular weight is 626 g/mol. The van der Waals surface area contributed by atoms with Gasteiger partial charge in [0.1, 0.15) is 11.6 Å². The highest BCUT2D eigenvalue weighted by atomic mass is 127. The molecule has 0 atom stereocenters. The van der Waals surface area contributed by atoms with Crippen molar-refractivity contribution in [2.45, 2.75) is 13.8 Å². The number of nitrogens with one attached hydrogen (secondary N) is 2. The van der Waals surface area contributed by atoms with E-state index in [9.17, 15) is 25.0 Å². The number of hydrogen-bond donors (Lipinski definition) is 2. The van der Waals surface area contributed by atoms with E-state index in [2.05, 4.69) is 10.6 Å². The zero-order valence-corrected chi connectivity index (χ0v) is 22.9. The van der Waals surface area contributed by atoms with Crippen molar-refractivity contribution in [1.82, 2.24) is 0 Å². The maximum Gasteiger partial charge on any atom is 0.271 e. The van der Waals surface area contributed by atoms with Crippen LogP contribution in [0.3, 0.4) is 0 Å². The number of benzene rings is 3. The van der Waals surface area contributed by atoms with E-state index in [1.165, 1.54) is 37.5 Å². The van der Waals surface area contributed by atoms with Gasteiger partial charge in [0.2, 0.25) is 0 Å². The second kappa shape index (κ2) is 12.7. The van der Waals surface area contributed by atoms with Gasteiger partial charge in [-0.2, -0.15) is 5.26 Å². The van der Waals surface area contributed by atoms with Crippen LogP contribution in [0.1, 0.15) is 16.7 Å². The van der Waals surface area contributed by atoms with Crippen molar-refractivity contribution >= 4 is 57.5 Å². The number of carbonyl (C=O) groups is 2. The molecule has 0 fully saturated rings. The van der Waals surface area contributed by atoms with Crippen molar-refractivity contribution in [2.75, 3.05) is 24.4 Å². The molecule has 0 saturated carbocycles. The van der Waals surface area contributed by atoms with Crippen LogP contribution in [0.15, 0.2) is 60.2 Å². The lowest BCUT2D eigenvalue weighted by Crippen LogP contribution is -2.21. The highest BCUT2D eigenvalue weighted by molar-refractivity contribution is 14.1. The van der Waals surface area contributed by atoms with Crippen LogP contribution >= 0.6 is 22.6 Å². The first-order chi connectivity index (χ1) is 18.1. The van der Waals surface area contributed by atoms with Crippen molar-refractivity contribution < 1.29 is 24.0 Å². The van der Waals surface area contributed by atoms with Crippen molar-refractivity contribution in [3.8, 4) is 17.6 Å². The molecule has 0 aliphatic rings. The van der Waals surface area contributed by atoms with Gasteiger partial charge in [-0.15, -0.1) is 0 Å². The van der Waals surface area contributed by atoms with Crippen LogP contribution in [0.5, 0.6) is 11.5 Å². The number of methoxy groups -OCH3 is 1. The molecule has 0 heterocycles. The first-order valence-corrected chi connectivity index (χ1v) is 12.2. The van der Waals surface area contributed by atoms with E-state index in [1.54, 1.807) is 12.1 Å². The fraction of sp³-hybridized carbons (Fsp3) is 0.148. The number of aryl methyl sites for hydroxylation is 2. The Bertz CT molecular complexity index is 1480. The number of rotatable bonds is 9. The normalized spacial score (nSPS) is 10.8. The van der Waals surface area contributed by atoms with E-state index >= 15 is 0 Å². The van der Waals surface area contributed by atoms with Gasteiger partial charge in [-0.05, 0) is 77.9 Å². The maximum absolute atomic E-state index is 12.6. The highest BCUT2D eigenvalue weighted by Gasteiger charge is 2.16. The number of halogens is 1. The first-order valence-electron chi connectivity index (χ1n) is 11.2. The quantitative estimate of drug-likeness (QED) is 0.107. The number of nitro benzene ring substituents is 1. The number of ether oxygens (including phenoxy) is 2. The van der Waals surface area contributed by atoms with Crippen molar-refractivity contribution in [1.29, 1.82) is 5.26 Å². The molecule has 38 heavy (non-hydrogen) atoms. The van der Waals surface area contributed by atoms with Crippen LogP contribution in [0, 0.1) is 38.9 Å². The highest BCUT2D eigenvalue weighted by Crippen LogP contribution is 2.35. The summed E-state index contributed by atoms with van der Waals surface area (Å²) in [7, 11) is 1.43. The number of nitriles is 1. The molecular weight excluding hydrogens is 603 g/mol. The number of non-ortho nitro benzene ring substituents is 1. The van der Waals surface area contributed by atoms with E-state index in [0.717, 1.165) is 11.1 Å².